The fraction of sp³-hybridized carbons (Fsp3) is 0.160. The number of benzene rings is 3. The third kappa shape index (κ3) is 4.49. The van der Waals surface area contributed by atoms with Crippen LogP contribution in [0.3, 0.4) is 0 Å². The van der Waals surface area contributed by atoms with Crippen molar-refractivity contribution in [2.45, 2.75) is 23.4 Å². The van der Waals surface area contributed by atoms with Gasteiger partial charge >= 0.3 is 0 Å². The van der Waals surface area contributed by atoms with E-state index in [9.17, 15) is 8.42 Å². The van der Waals surface area contributed by atoms with E-state index in [1.165, 1.54) is 4.31 Å². The molecule has 0 aliphatic carbocycles. The van der Waals surface area contributed by atoms with Crippen LogP contribution in [0.2, 0.25) is 0 Å². The van der Waals surface area contributed by atoms with Crippen molar-refractivity contribution in [2.24, 2.45) is 5.10 Å². The van der Waals surface area contributed by atoms with Gasteiger partial charge in [-0.2, -0.15) is 9.78 Å². The summed E-state index contributed by atoms with van der Waals surface area (Å²) in [5.41, 5.74) is 3.66. The van der Waals surface area contributed by atoms with Gasteiger partial charge in [0.1, 0.15) is 0 Å². The van der Waals surface area contributed by atoms with Gasteiger partial charge in [0.05, 0.1) is 16.3 Å². The molecule has 9 heteroatoms. The molecule has 0 amide bonds. The average molecular weight is 490 g/mol. The highest BCUT2D eigenvalue weighted by molar-refractivity contribution is 7.99. The summed E-state index contributed by atoms with van der Waals surface area (Å²) in [7, 11) is -3.76. The van der Waals surface area contributed by atoms with Crippen molar-refractivity contribution >= 4 is 33.2 Å². The van der Waals surface area contributed by atoms with Gasteiger partial charge in [0.15, 0.2) is 5.82 Å². The van der Waals surface area contributed by atoms with Crippen molar-refractivity contribution in [2.75, 3.05) is 16.6 Å². The van der Waals surface area contributed by atoms with E-state index < -0.39 is 10.0 Å². The van der Waals surface area contributed by atoms with Crippen LogP contribution in [-0.2, 0) is 16.4 Å². The van der Waals surface area contributed by atoms with E-state index in [2.05, 4.69) is 10.2 Å². The Morgan fingerprint density at radius 1 is 0.912 bits per heavy atom. The van der Waals surface area contributed by atoms with Gasteiger partial charge in [-0.1, -0.05) is 78.0 Å². The first-order valence-electron chi connectivity index (χ1n) is 10.9. The van der Waals surface area contributed by atoms with E-state index in [0.29, 0.717) is 28.8 Å². The summed E-state index contributed by atoms with van der Waals surface area (Å²) in [4.78, 5) is 0.249. The number of rotatable bonds is 7. The smallest absolute Gasteiger partial charge is 0.264 e. The van der Waals surface area contributed by atoms with Crippen LogP contribution in [0.25, 0.3) is 0 Å². The summed E-state index contributed by atoms with van der Waals surface area (Å²) < 4.78 is 30.3. The van der Waals surface area contributed by atoms with Gasteiger partial charge in [-0.05, 0) is 36.8 Å². The minimum atomic E-state index is -3.76. The summed E-state index contributed by atoms with van der Waals surface area (Å²) in [6, 6.07) is 26.0. The van der Waals surface area contributed by atoms with Crippen molar-refractivity contribution < 1.29 is 8.42 Å². The van der Waals surface area contributed by atoms with Crippen molar-refractivity contribution in [3.8, 4) is 0 Å². The normalized spacial score (nSPS) is 13.3. The lowest BCUT2D eigenvalue weighted by Gasteiger charge is -2.24. The minimum Gasteiger partial charge on any atom is -0.266 e. The van der Waals surface area contributed by atoms with Gasteiger partial charge in [0.25, 0.3) is 10.0 Å². The zero-order valence-corrected chi connectivity index (χ0v) is 20.2. The van der Waals surface area contributed by atoms with Crippen LogP contribution in [0.15, 0.2) is 100 Å². The molecule has 0 saturated carbocycles. The Labute approximate surface area is 203 Å². The molecular weight excluding hydrogens is 466 g/mol. The highest BCUT2D eigenvalue weighted by Gasteiger charge is 2.26. The molecule has 2 heterocycles. The molecule has 172 valence electrons. The molecule has 34 heavy (non-hydrogen) atoms. The number of aryl methyl sites for hydroxylation is 1. The monoisotopic (exact) mass is 489 g/mol. The quantitative estimate of drug-likeness (QED) is 0.385. The Balaban J connectivity index is 1.46. The zero-order chi connectivity index (χ0) is 23.5. The molecule has 1 aromatic heterocycles. The van der Waals surface area contributed by atoms with Gasteiger partial charge in [-0.25, -0.2) is 8.42 Å². The fourth-order valence-corrected chi connectivity index (χ4v) is 6.06. The number of fused-ring (bicyclic) bond motifs is 1. The molecule has 5 rings (SSSR count). The number of thioether (sulfide) groups is 1. The van der Waals surface area contributed by atoms with Gasteiger partial charge in [-0.15, -0.1) is 10.2 Å². The second-order valence-electron chi connectivity index (χ2n) is 7.89. The molecule has 0 unspecified atom stereocenters. The highest BCUT2D eigenvalue weighted by atomic mass is 32.2. The highest BCUT2D eigenvalue weighted by Crippen LogP contribution is 2.27. The van der Waals surface area contributed by atoms with E-state index in [1.807, 2.05) is 61.5 Å². The second kappa shape index (κ2) is 9.44. The molecule has 1 aliphatic heterocycles. The molecule has 4 aromatic rings. The summed E-state index contributed by atoms with van der Waals surface area (Å²) >= 11 is 1.57. The third-order valence-electron chi connectivity index (χ3n) is 5.53. The topological polar surface area (TPSA) is 80.5 Å². The van der Waals surface area contributed by atoms with Crippen LogP contribution in [-0.4, -0.2) is 41.3 Å². The first-order chi connectivity index (χ1) is 16.5. The van der Waals surface area contributed by atoms with Crippen LogP contribution in [0.4, 0.5) is 5.69 Å². The van der Waals surface area contributed by atoms with Crippen LogP contribution < -0.4 is 4.31 Å². The Morgan fingerprint density at radius 2 is 1.59 bits per heavy atom. The second-order valence-corrected chi connectivity index (χ2v) is 10.7. The van der Waals surface area contributed by atoms with Gasteiger partial charge in [0, 0.05) is 18.7 Å². The Hall–Kier alpha value is -3.43. The molecule has 0 saturated heterocycles. The first kappa shape index (κ1) is 22.4. The molecule has 0 fully saturated rings. The van der Waals surface area contributed by atoms with Crippen LogP contribution >= 0.6 is 11.8 Å². The molecular formula is C25H23N5O2S2. The van der Waals surface area contributed by atoms with Crippen LogP contribution in [0.1, 0.15) is 17.0 Å². The molecule has 1 aliphatic rings. The average Bonchev–Trinajstić information content (AvgIpc) is 3.28. The predicted octanol–water partition coefficient (Wildman–Crippen LogP) is 4.38. The van der Waals surface area contributed by atoms with Crippen molar-refractivity contribution in [1.82, 2.24) is 14.9 Å². The SMILES string of the molecule is Cc1ccc(N(CCc2nnc3n2N=C(c2ccccc2)CS3)S(=O)(=O)c2ccccc2)cc1. The van der Waals surface area contributed by atoms with Crippen LogP contribution in [0, 0.1) is 6.92 Å². The third-order valence-corrected chi connectivity index (χ3v) is 8.31. The Bertz CT molecular complexity index is 1420. The van der Waals surface area contributed by atoms with Gasteiger partial charge < -0.3 is 0 Å². The Morgan fingerprint density at radius 3 is 2.29 bits per heavy atom. The fourth-order valence-electron chi connectivity index (χ4n) is 3.72. The number of nitrogens with zero attached hydrogens (tertiary/aromatic N) is 5. The van der Waals surface area contributed by atoms with E-state index in [1.54, 1.807) is 46.8 Å². The van der Waals surface area contributed by atoms with Crippen molar-refractivity contribution in [1.29, 1.82) is 0 Å². The molecule has 0 atom stereocenters. The lowest BCUT2D eigenvalue weighted by molar-refractivity contribution is 0.589. The van der Waals surface area contributed by atoms with E-state index in [-0.39, 0.29) is 11.4 Å². The van der Waals surface area contributed by atoms with E-state index in [0.717, 1.165) is 16.8 Å². The lowest BCUT2D eigenvalue weighted by atomic mass is 10.1. The largest absolute Gasteiger partial charge is 0.266 e. The van der Waals surface area contributed by atoms with E-state index >= 15 is 0 Å². The number of hydrogen-bond acceptors (Lipinski definition) is 6. The molecule has 0 bridgehead atoms. The first-order valence-corrected chi connectivity index (χ1v) is 13.3. The summed E-state index contributed by atoms with van der Waals surface area (Å²) in [6.07, 6.45) is 0.360. The maximum Gasteiger partial charge on any atom is 0.264 e. The maximum absolute atomic E-state index is 13.6. The van der Waals surface area contributed by atoms with Gasteiger partial charge in [0.2, 0.25) is 5.16 Å². The molecule has 0 spiro atoms. The molecule has 7 nitrogen and oxygen atoms in total. The number of anilines is 1. The number of sulfonamides is 1. The molecule has 0 N–H and O–H groups in total. The number of hydrogen-bond donors (Lipinski definition) is 0. The zero-order valence-electron chi connectivity index (χ0n) is 18.6. The van der Waals surface area contributed by atoms with E-state index in [4.69, 9.17) is 5.10 Å². The van der Waals surface area contributed by atoms with Gasteiger partial charge in [-0.3, -0.25) is 4.31 Å². The van der Waals surface area contributed by atoms with Crippen LogP contribution in [0.5, 0.6) is 0 Å². The van der Waals surface area contributed by atoms with Crippen molar-refractivity contribution in [3.63, 3.8) is 0 Å². The Kier molecular flexibility index (Phi) is 6.21. The maximum atomic E-state index is 13.6. The summed E-state index contributed by atoms with van der Waals surface area (Å²) in [6.45, 7) is 2.18. The minimum absolute atomic E-state index is 0.208. The summed E-state index contributed by atoms with van der Waals surface area (Å²) in [5.74, 6) is 1.33. The molecule has 0 radical (unpaired) electrons. The van der Waals surface area contributed by atoms with Crippen molar-refractivity contribution in [3.05, 3.63) is 102 Å². The lowest BCUT2D eigenvalue weighted by Crippen LogP contribution is -2.33. The predicted molar refractivity (Wildman–Crippen MR) is 135 cm³/mol. The number of aromatic nitrogens is 3. The standard InChI is InChI=1S/C25H23N5O2S2/c1-19-12-14-21(15-13-19)29(34(31,32)22-10-6-3-7-11-22)17-16-24-26-27-25-30(24)28-23(18-33-25)20-8-4-2-5-9-20/h2-15H,16-18H2,1H3. The summed E-state index contributed by atoms with van der Waals surface area (Å²) in [5, 5.41) is 14.1. The molecule has 3 aromatic carbocycles.